The number of carbonyl (C=O) groups is 1. The van der Waals surface area contributed by atoms with Crippen LogP contribution in [0.5, 0.6) is 5.75 Å². The van der Waals surface area contributed by atoms with Gasteiger partial charge in [-0.1, -0.05) is 36.4 Å². The quantitative estimate of drug-likeness (QED) is 0.323. The van der Waals surface area contributed by atoms with E-state index >= 15 is 0 Å². The van der Waals surface area contributed by atoms with Crippen molar-refractivity contribution in [2.75, 3.05) is 0 Å². The van der Waals surface area contributed by atoms with E-state index in [1.54, 1.807) is 29.3 Å². The molecule has 4 nitrogen and oxygen atoms in total. The Hall–Kier alpha value is -3.09. The Morgan fingerprint density at radius 1 is 1.00 bits per heavy atom. The lowest BCUT2D eigenvalue weighted by atomic mass is 10.2. The molecule has 1 amide bonds. The fourth-order valence-corrected chi connectivity index (χ4v) is 4.81. The number of amides is 1. The summed E-state index contributed by atoms with van der Waals surface area (Å²) < 4.78 is 5.83. The van der Waals surface area contributed by atoms with Gasteiger partial charge >= 0.3 is 0 Å². The predicted molar refractivity (Wildman–Crippen MR) is 127 cm³/mol. The van der Waals surface area contributed by atoms with Crippen LogP contribution in [0.25, 0.3) is 0 Å². The SMILES string of the molecule is O=C(NCc1cccc(OCc2ccccn2)c1)c1ccccc1SCc1cccs1. The first-order valence-electron chi connectivity index (χ1n) is 9.92. The van der Waals surface area contributed by atoms with E-state index in [2.05, 4.69) is 21.7 Å². The minimum absolute atomic E-state index is 0.0749. The highest BCUT2D eigenvalue weighted by atomic mass is 32.2. The molecule has 0 saturated carbocycles. The van der Waals surface area contributed by atoms with Crippen molar-refractivity contribution in [3.63, 3.8) is 0 Å². The molecule has 2 aromatic carbocycles. The Labute approximate surface area is 190 Å². The second-order valence-corrected chi connectivity index (χ2v) is 8.85. The third-order valence-corrected chi connectivity index (χ3v) is 6.73. The molecule has 0 atom stereocenters. The topological polar surface area (TPSA) is 51.2 Å². The molecule has 0 radical (unpaired) electrons. The van der Waals surface area contributed by atoms with Crippen molar-refractivity contribution in [3.05, 3.63) is 112 Å². The van der Waals surface area contributed by atoms with E-state index in [1.807, 2.05) is 72.8 Å². The first-order chi connectivity index (χ1) is 15.3. The van der Waals surface area contributed by atoms with Gasteiger partial charge in [0, 0.05) is 28.3 Å². The maximum absolute atomic E-state index is 12.8. The van der Waals surface area contributed by atoms with Crippen LogP contribution in [-0.4, -0.2) is 10.9 Å². The standard InChI is InChI=1S/C25H22N2O2S2/c28-25(23-11-1-2-12-24(23)31-18-22-10-6-14-30-22)27-16-19-7-5-9-21(15-19)29-17-20-8-3-4-13-26-20/h1-15H,16-18H2,(H,27,28). The fraction of sp³-hybridized carbons (Fsp3) is 0.120. The van der Waals surface area contributed by atoms with Gasteiger partial charge in [-0.2, -0.15) is 0 Å². The Morgan fingerprint density at radius 2 is 1.90 bits per heavy atom. The second-order valence-electron chi connectivity index (χ2n) is 6.80. The average molecular weight is 447 g/mol. The molecule has 0 unspecified atom stereocenters. The highest BCUT2D eigenvalue weighted by Crippen LogP contribution is 2.28. The molecule has 1 N–H and O–H groups in total. The van der Waals surface area contributed by atoms with Crippen molar-refractivity contribution in [2.24, 2.45) is 0 Å². The van der Waals surface area contributed by atoms with Gasteiger partial charge in [0.1, 0.15) is 12.4 Å². The number of nitrogens with zero attached hydrogens (tertiary/aromatic N) is 1. The predicted octanol–water partition coefficient (Wildman–Crippen LogP) is 5.94. The molecule has 0 aliphatic rings. The molecule has 4 aromatic rings. The van der Waals surface area contributed by atoms with E-state index in [-0.39, 0.29) is 5.91 Å². The van der Waals surface area contributed by atoms with Gasteiger partial charge in [0.05, 0.1) is 11.3 Å². The van der Waals surface area contributed by atoms with Crippen molar-refractivity contribution in [3.8, 4) is 5.75 Å². The number of ether oxygens (including phenoxy) is 1. The van der Waals surface area contributed by atoms with Gasteiger partial charge in [0.15, 0.2) is 0 Å². The largest absolute Gasteiger partial charge is 0.487 e. The fourth-order valence-electron chi connectivity index (χ4n) is 2.99. The van der Waals surface area contributed by atoms with E-state index in [1.165, 1.54) is 4.88 Å². The third kappa shape index (κ3) is 6.20. The van der Waals surface area contributed by atoms with Gasteiger partial charge in [-0.05, 0) is 53.4 Å². The number of hydrogen-bond donors (Lipinski definition) is 1. The van der Waals surface area contributed by atoms with Crippen LogP contribution in [0.2, 0.25) is 0 Å². The van der Waals surface area contributed by atoms with Crippen LogP contribution in [0.4, 0.5) is 0 Å². The number of pyridine rings is 1. The van der Waals surface area contributed by atoms with Crippen LogP contribution in [0.3, 0.4) is 0 Å². The summed E-state index contributed by atoms with van der Waals surface area (Å²) in [6.07, 6.45) is 1.75. The average Bonchev–Trinajstić information content (AvgIpc) is 3.35. The first kappa shape index (κ1) is 21.2. The van der Waals surface area contributed by atoms with Gasteiger partial charge < -0.3 is 10.1 Å². The Morgan fingerprint density at radius 3 is 2.74 bits per heavy atom. The van der Waals surface area contributed by atoms with Crippen LogP contribution in [0, 0.1) is 0 Å². The Balaban J connectivity index is 1.34. The Kier molecular flexibility index (Phi) is 7.37. The monoisotopic (exact) mass is 446 g/mol. The Bertz CT molecular complexity index is 1120. The summed E-state index contributed by atoms with van der Waals surface area (Å²) in [4.78, 5) is 19.4. The molecular formula is C25H22N2O2S2. The first-order valence-corrected chi connectivity index (χ1v) is 11.8. The summed E-state index contributed by atoms with van der Waals surface area (Å²) in [5.41, 5.74) is 2.56. The van der Waals surface area contributed by atoms with Gasteiger partial charge in [0.25, 0.3) is 5.91 Å². The molecule has 156 valence electrons. The minimum Gasteiger partial charge on any atom is -0.487 e. The van der Waals surface area contributed by atoms with E-state index in [4.69, 9.17) is 4.74 Å². The summed E-state index contributed by atoms with van der Waals surface area (Å²) in [7, 11) is 0. The number of nitrogens with one attached hydrogen (secondary N) is 1. The maximum atomic E-state index is 12.8. The van der Waals surface area contributed by atoms with Gasteiger partial charge in [-0.15, -0.1) is 23.1 Å². The summed E-state index contributed by atoms with van der Waals surface area (Å²) in [5.74, 6) is 1.54. The lowest BCUT2D eigenvalue weighted by molar-refractivity contribution is 0.0948. The third-order valence-electron chi connectivity index (χ3n) is 4.55. The number of hydrogen-bond acceptors (Lipinski definition) is 5. The maximum Gasteiger partial charge on any atom is 0.252 e. The molecule has 6 heteroatoms. The van der Waals surface area contributed by atoms with Gasteiger partial charge in [0.2, 0.25) is 0 Å². The van der Waals surface area contributed by atoms with E-state index in [0.29, 0.717) is 18.7 Å². The molecule has 0 bridgehead atoms. The highest BCUT2D eigenvalue weighted by Gasteiger charge is 2.12. The molecule has 0 aliphatic heterocycles. The molecule has 0 fully saturated rings. The van der Waals surface area contributed by atoms with Crippen molar-refractivity contribution in [1.29, 1.82) is 0 Å². The molecule has 2 aromatic heterocycles. The van der Waals surface area contributed by atoms with E-state index in [9.17, 15) is 4.79 Å². The molecule has 2 heterocycles. The summed E-state index contributed by atoms with van der Waals surface area (Å²) >= 11 is 3.42. The smallest absolute Gasteiger partial charge is 0.252 e. The number of benzene rings is 2. The van der Waals surface area contributed by atoms with Gasteiger partial charge in [-0.25, -0.2) is 0 Å². The van der Waals surface area contributed by atoms with Crippen molar-refractivity contribution < 1.29 is 9.53 Å². The molecule has 0 spiro atoms. The zero-order chi connectivity index (χ0) is 21.3. The normalized spacial score (nSPS) is 10.6. The minimum atomic E-state index is -0.0749. The van der Waals surface area contributed by atoms with E-state index < -0.39 is 0 Å². The zero-order valence-corrected chi connectivity index (χ0v) is 18.5. The van der Waals surface area contributed by atoms with Gasteiger partial charge in [-0.3, -0.25) is 9.78 Å². The van der Waals surface area contributed by atoms with E-state index in [0.717, 1.165) is 27.7 Å². The van der Waals surface area contributed by atoms with Crippen LogP contribution >= 0.6 is 23.1 Å². The molecule has 0 saturated heterocycles. The summed E-state index contributed by atoms with van der Waals surface area (Å²) in [6.45, 7) is 0.842. The number of aromatic nitrogens is 1. The van der Waals surface area contributed by atoms with Crippen LogP contribution in [-0.2, 0) is 18.9 Å². The van der Waals surface area contributed by atoms with Crippen molar-refractivity contribution >= 4 is 29.0 Å². The van der Waals surface area contributed by atoms with Crippen LogP contribution in [0.1, 0.15) is 26.5 Å². The molecule has 0 aliphatic carbocycles. The summed E-state index contributed by atoms with van der Waals surface area (Å²) in [6, 6.07) is 25.4. The summed E-state index contributed by atoms with van der Waals surface area (Å²) in [5, 5.41) is 5.10. The highest BCUT2D eigenvalue weighted by molar-refractivity contribution is 7.98. The van der Waals surface area contributed by atoms with Crippen molar-refractivity contribution in [2.45, 2.75) is 23.8 Å². The zero-order valence-electron chi connectivity index (χ0n) is 16.9. The molecule has 4 rings (SSSR count). The number of carbonyl (C=O) groups excluding carboxylic acids is 1. The number of thioether (sulfide) groups is 1. The second kappa shape index (κ2) is 10.8. The molecular weight excluding hydrogens is 424 g/mol. The lowest BCUT2D eigenvalue weighted by Crippen LogP contribution is -2.23. The number of rotatable bonds is 9. The van der Waals surface area contributed by atoms with Crippen molar-refractivity contribution in [1.82, 2.24) is 10.3 Å². The van der Waals surface area contributed by atoms with Crippen LogP contribution < -0.4 is 10.1 Å². The number of thiophene rings is 1. The van der Waals surface area contributed by atoms with Crippen LogP contribution in [0.15, 0.2) is 95.3 Å². The molecule has 31 heavy (non-hydrogen) atoms. The lowest BCUT2D eigenvalue weighted by Gasteiger charge is -2.11.